The van der Waals surface area contributed by atoms with Gasteiger partial charge in [0.05, 0.1) is 6.07 Å². The van der Waals surface area contributed by atoms with Crippen LogP contribution in [0.3, 0.4) is 0 Å². The van der Waals surface area contributed by atoms with Gasteiger partial charge in [-0.25, -0.2) is 0 Å². The Morgan fingerprint density at radius 3 is 2.75 bits per heavy atom. The van der Waals surface area contributed by atoms with Crippen molar-refractivity contribution in [2.75, 3.05) is 0 Å². The highest BCUT2D eigenvalue weighted by molar-refractivity contribution is 5.82. The van der Waals surface area contributed by atoms with E-state index >= 15 is 0 Å². The SMILES string of the molecule is CCc1c(C(C)(N)C#N)oc2ccccc12. The summed E-state index contributed by atoms with van der Waals surface area (Å²) >= 11 is 0. The minimum Gasteiger partial charge on any atom is -0.458 e. The zero-order valence-electron chi connectivity index (χ0n) is 9.45. The Morgan fingerprint density at radius 2 is 2.12 bits per heavy atom. The van der Waals surface area contributed by atoms with E-state index in [9.17, 15) is 0 Å². The number of para-hydroxylation sites is 1. The first-order chi connectivity index (χ1) is 7.60. The molecule has 0 aliphatic carbocycles. The van der Waals surface area contributed by atoms with Gasteiger partial charge in [-0.2, -0.15) is 5.26 Å². The highest BCUT2D eigenvalue weighted by atomic mass is 16.3. The van der Waals surface area contributed by atoms with Gasteiger partial charge in [-0.1, -0.05) is 25.1 Å². The van der Waals surface area contributed by atoms with Crippen LogP contribution in [0.4, 0.5) is 0 Å². The number of rotatable bonds is 2. The van der Waals surface area contributed by atoms with Crippen LogP contribution in [0.25, 0.3) is 11.0 Å². The van der Waals surface area contributed by atoms with Gasteiger partial charge in [0, 0.05) is 10.9 Å². The van der Waals surface area contributed by atoms with Gasteiger partial charge < -0.3 is 10.2 Å². The lowest BCUT2D eigenvalue weighted by Gasteiger charge is -2.13. The number of hydrogen-bond acceptors (Lipinski definition) is 3. The quantitative estimate of drug-likeness (QED) is 0.835. The molecule has 0 amide bonds. The van der Waals surface area contributed by atoms with Crippen molar-refractivity contribution in [2.45, 2.75) is 25.8 Å². The summed E-state index contributed by atoms with van der Waals surface area (Å²) in [6.45, 7) is 3.71. The predicted molar refractivity (Wildman–Crippen MR) is 62.7 cm³/mol. The zero-order valence-corrected chi connectivity index (χ0v) is 9.45. The Balaban J connectivity index is 2.76. The summed E-state index contributed by atoms with van der Waals surface area (Å²) in [6.07, 6.45) is 0.806. The number of fused-ring (bicyclic) bond motifs is 1. The monoisotopic (exact) mass is 214 g/mol. The number of benzene rings is 1. The lowest BCUT2D eigenvalue weighted by Crippen LogP contribution is -2.31. The molecule has 0 saturated heterocycles. The van der Waals surface area contributed by atoms with E-state index < -0.39 is 5.54 Å². The summed E-state index contributed by atoms with van der Waals surface area (Å²) in [5, 5.41) is 10.1. The fourth-order valence-electron chi connectivity index (χ4n) is 1.92. The molecule has 1 aromatic heterocycles. The van der Waals surface area contributed by atoms with Crippen molar-refractivity contribution in [3.8, 4) is 6.07 Å². The van der Waals surface area contributed by atoms with Gasteiger partial charge in [-0.15, -0.1) is 0 Å². The molecule has 0 aliphatic heterocycles. The molecule has 2 rings (SSSR count). The average Bonchev–Trinajstić information content (AvgIpc) is 2.68. The van der Waals surface area contributed by atoms with Crippen molar-refractivity contribution in [3.05, 3.63) is 35.6 Å². The molecular weight excluding hydrogens is 200 g/mol. The van der Waals surface area contributed by atoms with Crippen molar-refractivity contribution in [1.82, 2.24) is 0 Å². The molecule has 0 fully saturated rings. The predicted octanol–water partition coefficient (Wildman–Crippen LogP) is 2.69. The largest absolute Gasteiger partial charge is 0.458 e. The third-order valence-corrected chi connectivity index (χ3v) is 2.76. The summed E-state index contributed by atoms with van der Waals surface area (Å²) in [5.74, 6) is 0.582. The standard InChI is InChI=1S/C13H14N2O/c1-3-9-10-6-4-5-7-11(10)16-12(9)13(2,15)8-14/h4-7H,3,15H2,1-2H3. The first-order valence-electron chi connectivity index (χ1n) is 5.31. The maximum atomic E-state index is 9.06. The van der Waals surface area contributed by atoms with Crippen molar-refractivity contribution >= 4 is 11.0 Å². The molecule has 16 heavy (non-hydrogen) atoms. The molecule has 2 aromatic rings. The molecular formula is C13H14N2O. The third kappa shape index (κ3) is 1.48. The van der Waals surface area contributed by atoms with Crippen LogP contribution in [0, 0.1) is 11.3 Å². The van der Waals surface area contributed by atoms with Crippen molar-refractivity contribution < 1.29 is 4.42 Å². The van der Waals surface area contributed by atoms with Crippen LogP contribution < -0.4 is 5.73 Å². The smallest absolute Gasteiger partial charge is 0.160 e. The lowest BCUT2D eigenvalue weighted by molar-refractivity contribution is 0.450. The Labute approximate surface area is 94.5 Å². The average molecular weight is 214 g/mol. The van der Waals surface area contributed by atoms with E-state index in [0.29, 0.717) is 5.76 Å². The number of aryl methyl sites for hydroxylation is 1. The van der Waals surface area contributed by atoms with Crippen LogP contribution in [-0.2, 0) is 12.0 Å². The first-order valence-corrected chi connectivity index (χ1v) is 5.31. The van der Waals surface area contributed by atoms with Crippen LogP contribution in [0.1, 0.15) is 25.2 Å². The highest BCUT2D eigenvalue weighted by Gasteiger charge is 2.29. The Kier molecular flexibility index (Phi) is 2.45. The molecule has 0 bridgehead atoms. The van der Waals surface area contributed by atoms with E-state index in [1.165, 1.54) is 0 Å². The van der Waals surface area contributed by atoms with Gasteiger partial charge in [-0.3, -0.25) is 0 Å². The van der Waals surface area contributed by atoms with Crippen LogP contribution in [-0.4, -0.2) is 0 Å². The van der Waals surface area contributed by atoms with Crippen molar-refractivity contribution in [3.63, 3.8) is 0 Å². The highest BCUT2D eigenvalue weighted by Crippen LogP contribution is 2.31. The van der Waals surface area contributed by atoms with E-state index in [-0.39, 0.29) is 0 Å². The van der Waals surface area contributed by atoms with Gasteiger partial charge in [-0.05, 0) is 19.4 Å². The fraction of sp³-hybridized carbons (Fsp3) is 0.308. The summed E-state index contributed by atoms with van der Waals surface area (Å²) in [6, 6.07) is 9.84. The normalized spacial score (nSPS) is 14.6. The number of hydrogen-bond donors (Lipinski definition) is 1. The molecule has 1 heterocycles. The fourth-order valence-corrected chi connectivity index (χ4v) is 1.92. The van der Waals surface area contributed by atoms with Crippen LogP contribution in [0.2, 0.25) is 0 Å². The first kappa shape index (κ1) is 10.7. The number of nitriles is 1. The Bertz CT molecular complexity index is 561. The molecule has 3 heteroatoms. The van der Waals surface area contributed by atoms with Gasteiger partial charge in [0.15, 0.2) is 5.54 Å². The lowest BCUT2D eigenvalue weighted by atomic mass is 9.96. The summed E-state index contributed by atoms with van der Waals surface area (Å²) in [7, 11) is 0. The third-order valence-electron chi connectivity index (χ3n) is 2.76. The number of furan rings is 1. The molecule has 0 radical (unpaired) electrons. The van der Waals surface area contributed by atoms with E-state index in [1.54, 1.807) is 6.92 Å². The van der Waals surface area contributed by atoms with Gasteiger partial charge in [0.25, 0.3) is 0 Å². The molecule has 0 saturated carbocycles. The summed E-state index contributed by atoms with van der Waals surface area (Å²) < 4.78 is 5.70. The molecule has 0 aliphatic rings. The maximum absolute atomic E-state index is 9.06. The zero-order chi connectivity index (χ0) is 11.8. The van der Waals surface area contributed by atoms with Gasteiger partial charge >= 0.3 is 0 Å². The van der Waals surface area contributed by atoms with Crippen LogP contribution in [0.5, 0.6) is 0 Å². The van der Waals surface area contributed by atoms with Crippen molar-refractivity contribution in [2.24, 2.45) is 5.73 Å². The Hall–Kier alpha value is -1.79. The van der Waals surface area contributed by atoms with Crippen molar-refractivity contribution in [1.29, 1.82) is 5.26 Å². The van der Waals surface area contributed by atoms with Gasteiger partial charge in [0.2, 0.25) is 0 Å². The molecule has 1 unspecified atom stereocenters. The second-order valence-corrected chi connectivity index (χ2v) is 4.07. The van der Waals surface area contributed by atoms with Crippen LogP contribution in [0.15, 0.2) is 28.7 Å². The minimum atomic E-state index is -1.07. The summed E-state index contributed by atoms with van der Waals surface area (Å²) in [5.41, 5.74) is 6.68. The summed E-state index contributed by atoms with van der Waals surface area (Å²) in [4.78, 5) is 0. The van der Waals surface area contributed by atoms with E-state index in [1.807, 2.05) is 31.2 Å². The second-order valence-electron chi connectivity index (χ2n) is 4.07. The molecule has 3 nitrogen and oxygen atoms in total. The topological polar surface area (TPSA) is 63.0 Å². The van der Waals surface area contributed by atoms with Crippen LogP contribution >= 0.6 is 0 Å². The maximum Gasteiger partial charge on any atom is 0.160 e. The second kappa shape index (κ2) is 3.66. The van der Waals surface area contributed by atoms with E-state index in [2.05, 4.69) is 6.07 Å². The number of nitrogens with zero attached hydrogens (tertiary/aromatic N) is 1. The number of nitrogens with two attached hydrogens (primary N) is 1. The van der Waals surface area contributed by atoms with E-state index in [0.717, 1.165) is 23.0 Å². The van der Waals surface area contributed by atoms with Gasteiger partial charge in [0.1, 0.15) is 11.3 Å². The Morgan fingerprint density at radius 1 is 1.44 bits per heavy atom. The molecule has 2 N–H and O–H groups in total. The minimum absolute atomic E-state index is 0.582. The molecule has 0 spiro atoms. The molecule has 1 aromatic carbocycles. The van der Waals surface area contributed by atoms with E-state index in [4.69, 9.17) is 15.4 Å². The molecule has 82 valence electrons. The molecule has 1 atom stereocenters.